The lowest BCUT2D eigenvalue weighted by Crippen LogP contribution is -2.22. The van der Waals surface area contributed by atoms with Gasteiger partial charge in [0.2, 0.25) is 0 Å². The first-order valence-corrected chi connectivity index (χ1v) is 5.35. The Labute approximate surface area is 92.2 Å². The van der Waals surface area contributed by atoms with Crippen molar-refractivity contribution in [3.05, 3.63) is 35.4 Å². The molecule has 0 heterocycles. The summed E-state index contributed by atoms with van der Waals surface area (Å²) in [6.45, 7) is 4.24. The van der Waals surface area contributed by atoms with Crippen molar-refractivity contribution >= 4 is 0 Å². The molecule has 0 aromatic heterocycles. The molecule has 2 heteroatoms. The van der Waals surface area contributed by atoms with Crippen LogP contribution in [0.3, 0.4) is 0 Å². The minimum absolute atomic E-state index is 0.155. The molecule has 15 heavy (non-hydrogen) atoms. The smallest absolute Gasteiger partial charge is 0.163 e. The van der Waals surface area contributed by atoms with Crippen molar-refractivity contribution in [1.29, 1.82) is 0 Å². The van der Waals surface area contributed by atoms with E-state index >= 15 is 0 Å². The monoisotopic (exact) mass is 208 g/mol. The van der Waals surface area contributed by atoms with Crippen LogP contribution < -0.4 is 0 Å². The minimum atomic E-state index is -0.155. The van der Waals surface area contributed by atoms with Crippen LogP contribution in [-0.4, -0.2) is 20.5 Å². The van der Waals surface area contributed by atoms with Gasteiger partial charge in [-0.25, -0.2) is 0 Å². The highest BCUT2D eigenvalue weighted by molar-refractivity contribution is 5.24. The van der Waals surface area contributed by atoms with Gasteiger partial charge in [-0.15, -0.1) is 0 Å². The Bertz CT molecular complexity index is 275. The van der Waals surface area contributed by atoms with Gasteiger partial charge in [-0.3, -0.25) is 0 Å². The molecule has 1 aromatic rings. The Morgan fingerprint density at radius 2 is 1.60 bits per heavy atom. The number of methoxy groups -OCH3 is 2. The summed E-state index contributed by atoms with van der Waals surface area (Å²) < 4.78 is 10.6. The standard InChI is InChI=1S/C13H20O2/c1-5-12(13(14-3)15-4)11-8-6-10(2)7-9-11/h6-9,12-13H,5H2,1-4H3. The largest absolute Gasteiger partial charge is 0.355 e. The quantitative estimate of drug-likeness (QED) is 0.692. The molecule has 0 spiro atoms. The van der Waals surface area contributed by atoms with E-state index in [0.29, 0.717) is 5.92 Å². The van der Waals surface area contributed by atoms with Crippen LogP contribution in [-0.2, 0) is 9.47 Å². The van der Waals surface area contributed by atoms with E-state index in [1.807, 2.05) is 0 Å². The first-order valence-electron chi connectivity index (χ1n) is 5.35. The SMILES string of the molecule is CCC(c1ccc(C)cc1)C(OC)OC. The molecule has 0 saturated carbocycles. The molecular formula is C13H20O2. The van der Waals surface area contributed by atoms with Crippen LogP contribution in [0, 0.1) is 6.92 Å². The van der Waals surface area contributed by atoms with Gasteiger partial charge < -0.3 is 9.47 Å². The molecule has 0 saturated heterocycles. The maximum Gasteiger partial charge on any atom is 0.163 e. The Kier molecular flexibility index (Phi) is 4.79. The van der Waals surface area contributed by atoms with E-state index in [0.717, 1.165) is 6.42 Å². The van der Waals surface area contributed by atoms with Gasteiger partial charge in [0.1, 0.15) is 0 Å². The summed E-state index contributed by atoms with van der Waals surface area (Å²) in [7, 11) is 3.37. The van der Waals surface area contributed by atoms with Crippen molar-refractivity contribution in [2.45, 2.75) is 32.5 Å². The fraction of sp³-hybridized carbons (Fsp3) is 0.538. The number of ether oxygens (including phenoxy) is 2. The lowest BCUT2D eigenvalue weighted by atomic mass is 9.95. The normalized spacial score (nSPS) is 13.1. The molecule has 1 atom stereocenters. The van der Waals surface area contributed by atoms with Gasteiger partial charge in [0.05, 0.1) is 0 Å². The van der Waals surface area contributed by atoms with E-state index in [-0.39, 0.29) is 6.29 Å². The molecule has 0 aliphatic rings. The summed E-state index contributed by atoms with van der Waals surface area (Å²) in [4.78, 5) is 0. The zero-order chi connectivity index (χ0) is 11.3. The van der Waals surface area contributed by atoms with Crippen molar-refractivity contribution in [3.63, 3.8) is 0 Å². The first-order chi connectivity index (χ1) is 7.22. The Morgan fingerprint density at radius 3 is 2.00 bits per heavy atom. The lowest BCUT2D eigenvalue weighted by molar-refractivity contribution is -0.118. The van der Waals surface area contributed by atoms with Gasteiger partial charge in [0.15, 0.2) is 6.29 Å². The second kappa shape index (κ2) is 5.89. The second-order valence-corrected chi connectivity index (χ2v) is 3.77. The summed E-state index contributed by atoms with van der Waals surface area (Å²) in [6.07, 6.45) is 0.854. The number of hydrogen-bond acceptors (Lipinski definition) is 2. The zero-order valence-electron chi connectivity index (χ0n) is 9.99. The van der Waals surface area contributed by atoms with Crippen LogP contribution >= 0.6 is 0 Å². The first kappa shape index (κ1) is 12.2. The highest BCUT2D eigenvalue weighted by Crippen LogP contribution is 2.25. The molecular weight excluding hydrogens is 188 g/mol. The minimum Gasteiger partial charge on any atom is -0.355 e. The molecule has 1 unspecified atom stereocenters. The van der Waals surface area contributed by atoms with Crippen molar-refractivity contribution in [2.75, 3.05) is 14.2 Å². The molecule has 1 aromatic carbocycles. The highest BCUT2D eigenvalue weighted by Gasteiger charge is 2.20. The Hall–Kier alpha value is -0.860. The molecule has 0 aliphatic heterocycles. The second-order valence-electron chi connectivity index (χ2n) is 3.77. The molecule has 2 nitrogen and oxygen atoms in total. The van der Waals surface area contributed by atoms with Crippen LogP contribution in [0.15, 0.2) is 24.3 Å². The van der Waals surface area contributed by atoms with E-state index in [2.05, 4.69) is 38.1 Å². The van der Waals surface area contributed by atoms with Gasteiger partial charge in [-0.05, 0) is 18.9 Å². The van der Waals surface area contributed by atoms with E-state index in [4.69, 9.17) is 9.47 Å². The van der Waals surface area contributed by atoms with Crippen molar-refractivity contribution in [1.82, 2.24) is 0 Å². The predicted octanol–water partition coefficient (Wildman–Crippen LogP) is 3.11. The van der Waals surface area contributed by atoms with E-state index in [1.165, 1.54) is 11.1 Å². The maximum absolute atomic E-state index is 5.31. The zero-order valence-corrected chi connectivity index (χ0v) is 9.99. The number of rotatable bonds is 5. The Morgan fingerprint density at radius 1 is 1.07 bits per heavy atom. The molecule has 84 valence electrons. The van der Waals surface area contributed by atoms with Gasteiger partial charge in [0.25, 0.3) is 0 Å². The number of aryl methyl sites for hydroxylation is 1. The van der Waals surface area contributed by atoms with Crippen LogP contribution in [0.2, 0.25) is 0 Å². The van der Waals surface area contributed by atoms with Crippen LogP contribution in [0.1, 0.15) is 30.4 Å². The molecule has 0 aliphatic carbocycles. The van der Waals surface area contributed by atoms with E-state index < -0.39 is 0 Å². The average molecular weight is 208 g/mol. The summed E-state index contributed by atoms with van der Waals surface area (Å²) in [5, 5.41) is 0. The lowest BCUT2D eigenvalue weighted by Gasteiger charge is -2.24. The molecule has 0 radical (unpaired) electrons. The molecule has 0 amide bonds. The third kappa shape index (κ3) is 3.05. The van der Waals surface area contributed by atoms with Crippen molar-refractivity contribution < 1.29 is 9.47 Å². The average Bonchev–Trinajstić information content (AvgIpc) is 2.27. The van der Waals surface area contributed by atoms with E-state index in [9.17, 15) is 0 Å². The third-order valence-corrected chi connectivity index (χ3v) is 2.74. The summed E-state index contributed by atoms with van der Waals surface area (Å²) in [5.74, 6) is 0.306. The van der Waals surface area contributed by atoms with Crippen molar-refractivity contribution in [2.24, 2.45) is 0 Å². The number of benzene rings is 1. The van der Waals surface area contributed by atoms with Crippen LogP contribution in [0.25, 0.3) is 0 Å². The molecule has 1 rings (SSSR count). The van der Waals surface area contributed by atoms with Gasteiger partial charge in [-0.1, -0.05) is 36.8 Å². The fourth-order valence-electron chi connectivity index (χ4n) is 1.82. The summed E-state index contributed by atoms with van der Waals surface area (Å²) >= 11 is 0. The molecule has 0 fully saturated rings. The van der Waals surface area contributed by atoms with E-state index in [1.54, 1.807) is 14.2 Å². The maximum atomic E-state index is 5.31. The fourth-order valence-corrected chi connectivity index (χ4v) is 1.82. The van der Waals surface area contributed by atoms with Gasteiger partial charge in [-0.2, -0.15) is 0 Å². The summed E-state index contributed by atoms with van der Waals surface area (Å²) in [6, 6.07) is 8.55. The van der Waals surface area contributed by atoms with Crippen LogP contribution in [0.5, 0.6) is 0 Å². The van der Waals surface area contributed by atoms with Gasteiger partial charge >= 0.3 is 0 Å². The third-order valence-electron chi connectivity index (χ3n) is 2.74. The topological polar surface area (TPSA) is 18.5 Å². The molecule has 0 N–H and O–H groups in total. The summed E-state index contributed by atoms with van der Waals surface area (Å²) in [5.41, 5.74) is 2.55. The predicted molar refractivity (Wildman–Crippen MR) is 62.0 cm³/mol. The van der Waals surface area contributed by atoms with Crippen molar-refractivity contribution in [3.8, 4) is 0 Å². The molecule has 0 bridgehead atoms. The highest BCUT2D eigenvalue weighted by atomic mass is 16.7. The Balaban J connectivity index is 2.86. The van der Waals surface area contributed by atoms with Gasteiger partial charge in [0, 0.05) is 20.1 Å². The van der Waals surface area contributed by atoms with Crippen LogP contribution in [0.4, 0.5) is 0 Å². The number of hydrogen-bond donors (Lipinski definition) is 0.